The van der Waals surface area contributed by atoms with Gasteiger partial charge in [-0.3, -0.25) is 4.90 Å². The third kappa shape index (κ3) is 3.17. The number of rotatable bonds is 1. The standard InChI is InChI=1S/C14H20N4OSi/c1-14(2)10-17-13(19)18(14)12-15-8-11(9-16-12)6-7-20(3,4)5/h8-9H,10H2,1-5H3,(H,17,19). The fourth-order valence-electron chi connectivity index (χ4n) is 1.85. The van der Waals surface area contributed by atoms with Gasteiger partial charge in [-0.25, -0.2) is 14.8 Å². The zero-order valence-corrected chi connectivity index (χ0v) is 13.6. The Morgan fingerprint density at radius 3 is 2.35 bits per heavy atom. The SMILES string of the molecule is CC1(C)CNC(=O)N1c1ncc(C#C[Si](C)(C)C)cn1. The van der Waals surface area contributed by atoms with Gasteiger partial charge in [0.1, 0.15) is 8.07 Å². The minimum atomic E-state index is -1.40. The summed E-state index contributed by atoms with van der Waals surface area (Å²) in [5, 5.41) is 2.80. The van der Waals surface area contributed by atoms with Crippen molar-refractivity contribution in [2.45, 2.75) is 39.0 Å². The van der Waals surface area contributed by atoms with Crippen LogP contribution >= 0.6 is 0 Å². The van der Waals surface area contributed by atoms with Crippen molar-refractivity contribution < 1.29 is 4.79 Å². The highest BCUT2D eigenvalue weighted by molar-refractivity contribution is 6.83. The molecule has 0 aromatic carbocycles. The van der Waals surface area contributed by atoms with Gasteiger partial charge in [0.05, 0.1) is 11.1 Å². The minimum Gasteiger partial charge on any atom is -0.335 e. The van der Waals surface area contributed by atoms with Crippen LogP contribution in [0.4, 0.5) is 10.7 Å². The van der Waals surface area contributed by atoms with Gasteiger partial charge >= 0.3 is 6.03 Å². The average molecular weight is 288 g/mol. The number of hydrogen-bond donors (Lipinski definition) is 1. The van der Waals surface area contributed by atoms with Crippen LogP contribution < -0.4 is 10.2 Å². The Labute approximate surface area is 120 Å². The number of carbonyl (C=O) groups excluding carboxylic acids is 1. The van der Waals surface area contributed by atoms with Crippen LogP contribution in [0.5, 0.6) is 0 Å². The van der Waals surface area contributed by atoms with Crippen LogP contribution in [0.2, 0.25) is 19.6 Å². The van der Waals surface area contributed by atoms with Crippen molar-refractivity contribution in [3.05, 3.63) is 18.0 Å². The van der Waals surface area contributed by atoms with Gasteiger partial charge in [-0.2, -0.15) is 0 Å². The maximum atomic E-state index is 11.8. The molecule has 1 saturated heterocycles. The van der Waals surface area contributed by atoms with E-state index < -0.39 is 8.07 Å². The smallest absolute Gasteiger partial charge is 0.324 e. The van der Waals surface area contributed by atoms with E-state index in [1.54, 1.807) is 17.3 Å². The molecular weight excluding hydrogens is 268 g/mol. The number of hydrogen-bond acceptors (Lipinski definition) is 3. The molecular formula is C14H20N4OSi. The molecule has 1 fully saturated rings. The maximum Gasteiger partial charge on any atom is 0.324 e. The molecule has 0 saturated carbocycles. The van der Waals surface area contributed by atoms with Gasteiger partial charge in [0.15, 0.2) is 0 Å². The molecule has 1 aliphatic heterocycles. The van der Waals surface area contributed by atoms with Crippen LogP contribution in [0.25, 0.3) is 0 Å². The van der Waals surface area contributed by atoms with Gasteiger partial charge < -0.3 is 5.32 Å². The van der Waals surface area contributed by atoms with Gasteiger partial charge in [-0.05, 0) is 13.8 Å². The quantitative estimate of drug-likeness (QED) is 0.635. The third-order valence-electron chi connectivity index (χ3n) is 2.90. The predicted molar refractivity (Wildman–Crippen MR) is 82.2 cm³/mol. The van der Waals surface area contributed by atoms with Crippen molar-refractivity contribution in [3.8, 4) is 11.5 Å². The molecule has 0 aliphatic carbocycles. The molecule has 2 amide bonds. The van der Waals surface area contributed by atoms with E-state index in [-0.39, 0.29) is 11.6 Å². The van der Waals surface area contributed by atoms with Crippen molar-refractivity contribution in [1.29, 1.82) is 0 Å². The lowest BCUT2D eigenvalue weighted by atomic mass is 10.1. The molecule has 106 valence electrons. The molecule has 1 aliphatic rings. The normalized spacial score (nSPS) is 17.4. The zero-order valence-electron chi connectivity index (χ0n) is 12.6. The van der Waals surface area contributed by atoms with E-state index in [1.165, 1.54) is 0 Å². The van der Waals surface area contributed by atoms with Crippen LogP contribution in [0.15, 0.2) is 12.4 Å². The summed E-state index contributed by atoms with van der Waals surface area (Å²) in [6.45, 7) is 11.1. The highest BCUT2D eigenvalue weighted by atomic mass is 28.3. The number of amides is 2. The Hall–Kier alpha value is -1.87. The second kappa shape index (κ2) is 4.91. The fourth-order valence-corrected chi connectivity index (χ4v) is 2.37. The lowest BCUT2D eigenvalue weighted by molar-refractivity contribution is 0.251. The number of nitrogens with zero attached hydrogens (tertiary/aromatic N) is 3. The largest absolute Gasteiger partial charge is 0.335 e. The highest BCUT2D eigenvalue weighted by Crippen LogP contribution is 2.24. The second-order valence-corrected chi connectivity index (χ2v) is 11.3. The van der Waals surface area contributed by atoms with Crippen LogP contribution in [0.3, 0.4) is 0 Å². The first-order chi connectivity index (χ1) is 9.19. The summed E-state index contributed by atoms with van der Waals surface area (Å²) in [4.78, 5) is 22.0. The maximum absolute atomic E-state index is 11.8. The van der Waals surface area contributed by atoms with Crippen LogP contribution in [-0.2, 0) is 0 Å². The van der Waals surface area contributed by atoms with E-state index in [2.05, 4.69) is 46.4 Å². The van der Waals surface area contributed by atoms with E-state index in [9.17, 15) is 4.79 Å². The van der Waals surface area contributed by atoms with E-state index in [4.69, 9.17) is 0 Å². The summed E-state index contributed by atoms with van der Waals surface area (Å²) in [5.41, 5.74) is 3.74. The van der Waals surface area contributed by atoms with E-state index in [1.807, 2.05) is 13.8 Å². The Kier molecular flexibility index (Phi) is 3.57. The molecule has 0 bridgehead atoms. The number of anilines is 1. The Balaban J connectivity index is 2.24. The average Bonchev–Trinajstić information content (AvgIpc) is 2.61. The molecule has 5 nitrogen and oxygen atoms in total. The van der Waals surface area contributed by atoms with Crippen molar-refractivity contribution in [3.63, 3.8) is 0 Å². The summed E-state index contributed by atoms with van der Waals surface area (Å²) < 4.78 is 0. The van der Waals surface area contributed by atoms with Gasteiger partial charge in [0, 0.05) is 18.9 Å². The van der Waals surface area contributed by atoms with E-state index >= 15 is 0 Å². The van der Waals surface area contributed by atoms with Gasteiger partial charge in [0.25, 0.3) is 0 Å². The van der Waals surface area contributed by atoms with Crippen LogP contribution in [0, 0.1) is 11.5 Å². The Morgan fingerprint density at radius 2 is 1.90 bits per heavy atom. The van der Waals surface area contributed by atoms with Gasteiger partial charge in [0.2, 0.25) is 5.95 Å². The van der Waals surface area contributed by atoms with Crippen molar-refractivity contribution in [2.75, 3.05) is 11.4 Å². The van der Waals surface area contributed by atoms with E-state index in [0.29, 0.717) is 12.5 Å². The molecule has 1 aromatic heterocycles. The number of carbonyl (C=O) groups is 1. The van der Waals surface area contributed by atoms with Crippen LogP contribution in [0.1, 0.15) is 19.4 Å². The van der Waals surface area contributed by atoms with Gasteiger partial charge in [-0.1, -0.05) is 25.6 Å². The summed E-state index contributed by atoms with van der Waals surface area (Å²) in [6.07, 6.45) is 3.36. The predicted octanol–water partition coefficient (Wildman–Crippen LogP) is 2.01. The topological polar surface area (TPSA) is 58.1 Å². The summed E-state index contributed by atoms with van der Waals surface area (Å²) in [7, 11) is -1.40. The summed E-state index contributed by atoms with van der Waals surface area (Å²) >= 11 is 0. The summed E-state index contributed by atoms with van der Waals surface area (Å²) in [5.74, 6) is 3.52. The molecule has 0 radical (unpaired) electrons. The molecule has 2 heterocycles. The molecule has 0 atom stereocenters. The van der Waals surface area contributed by atoms with Crippen molar-refractivity contribution in [2.24, 2.45) is 0 Å². The number of aromatic nitrogens is 2. The molecule has 6 heteroatoms. The molecule has 1 aromatic rings. The van der Waals surface area contributed by atoms with Crippen LogP contribution in [-0.4, -0.2) is 36.2 Å². The minimum absolute atomic E-state index is 0.157. The van der Waals surface area contributed by atoms with Gasteiger partial charge in [-0.15, -0.1) is 5.54 Å². The lowest BCUT2D eigenvalue weighted by Gasteiger charge is -2.27. The van der Waals surface area contributed by atoms with Crippen molar-refractivity contribution >= 4 is 20.1 Å². The zero-order chi connectivity index (χ0) is 15.0. The summed E-state index contributed by atoms with van der Waals surface area (Å²) in [6, 6.07) is -0.157. The van der Waals surface area contributed by atoms with E-state index in [0.717, 1.165) is 5.56 Å². The molecule has 20 heavy (non-hydrogen) atoms. The first kappa shape index (κ1) is 14.5. The molecule has 2 rings (SSSR count). The third-order valence-corrected chi connectivity index (χ3v) is 3.78. The Bertz CT molecular complexity index is 578. The Morgan fingerprint density at radius 1 is 1.30 bits per heavy atom. The number of urea groups is 1. The molecule has 1 N–H and O–H groups in total. The number of nitrogens with one attached hydrogen (secondary N) is 1. The molecule has 0 unspecified atom stereocenters. The van der Waals surface area contributed by atoms with Crippen molar-refractivity contribution in [1.82, 2.24) is 15.3 Å². The second-order valence-electron chi connectivity index (χ2n) is 6.58. The monoisotopic (exact) mass is 288 g/mol. The highest BCUT2D eigenvalue weighted by Gasteiger charge is 2.40. The first-order valence-electron chi connectivity index (χ1n) is 6.62. The fraction of sp³-hybridized carbons (Fsp3) is 0.500. The first-order valence-corrected chi connectivity index (χ1v) is 10.1. The molecule has 0 spiro atoms. The lowest BCUT2D eigenvalue weighted by Crippen LogP contribution is -2.43.